The van der Waals surface area contributed by atoms with Crippen molar-refractivity contribution in [2.75, 3.05) is 27.4 Å². The summed E-state index contributed by atoms with van der Waals surface area (Å²) in [5, 5.41) is 12.3. The van der Waals surface area contributed by atoms with Gasteiger partial charge in [-0.05, 0) is 48.4 Å². The van der Waals surface area contributed by atoms with E-state index in [-0.39, 0.29) is 19.1 Å². The number of nitrogens with one attached hydrogen (secondary N) is 1. The largest absolute Gasteiger partial charge is 0.479 e. The summed E-state index contributed by atoms with van der Waals surface area (Å²) in [4.78, 5) is 39.3. The fraction of sp³-hybridized carbons (Fsp3) is 0.423. The Hall–Kier alpha value is -3.39. The first-order valence-corrected chi connectivity index (χ1v) is 11.4. The van der Waals surface area contributed by atoms with Crippen molar-refractivity contribution in [2.24, 2.45) is 0 Å². The highest BCUT2D eigenvalue weighted by molar-refractivity contribution is 5.94. The van der Waals surface area contributed by atoms with E-state index in [2.05, 4.69) is 17.4 Å². The number of aliphatic carboxylic acids is 1. The van der Waals surface area contributed by atoms with Crippen LogP contribution in [0.15, 0.2) is 48.5 Å². The molecule has 4 rings (SSSR count). The number of amides is 2. The lowest BCUT2D eigenvalue weighted by atomic mass is 9.75. The number of rotatable bonds is 8. The summed E-state index contributed by atoms with van der Waals surface area (Å²) in [6.07, 6.45) is 0.711. The third kappa shape index (κ3) is 3.92. The number of likely N-dealkylation sites (N-methyl/N-ethyl adjacent to an activating group) is 1. The second-order valence-corrected chi connectivity index (χ2v) is 9.27. The molecular weight excluding hydrogens is 436 g/mol. The van der Waals surface area contributed by atoms with Gasteiger partial charge in [-0.3, -0.25) is 4.79 Å². The zero-order valence-corrected chi connectivity index (χ0v) is 19.7. The Morgan fingerprint density at radius 3 is 2.12 bits per heavy atom. The van der Waals surface area contributed by atoms with Crippen molar-refractivity contribution in [3.05, 3.63) is 59.7 Å². The molecule has 8 nitrogen and oxygen atoms in total. The van der Waals surface area contributed by atoms with Crippen LogP contribution >= 0.6 is 0 Å². The summed E-state index contributed by atoms with van der Waals surface area (Å²) in [6, 6.07) is 16.0. The molecule has 1 unspecified atom stereocenters. The number of carbonyl (C=O) groups excluding carboxylic acids is 2. The first-order valence-electron chi connectivity index (χ1n) is 11.4. The molecule has 0 saturated heterocycles. The standard InChI is InChI=1S/C26H30N2O6/c1-25(16-33-3,22(29)28(2)26(23(30)31)13-8-14-26)27-24(32)34-15-21-19-11-6-4-9-17(19)18-10-5-7-12-20(18)21/h4-7,9-12,21H,8,13-16H2,1-3H3,(H,27,32)(H,30,31). The molecule has 2 N–H and O–H groups in total. The normalized spacial score (nSPS) is 17.5. The molecule has 2 aromatic carbocycles. The van der Waals surface area contributed by atoms with Gasteiger partial charge in [0.2, 0.25) is 0 Å². The molecule has 2 aromatic rings. The van der Waals surface area contributed by atoms with Gasteiger partial charge in [0.25, 0.3) is 5.91 Å². The van der Waals surface area contributed by atoms with Crippen molar-refractivity contribution in [3.63, 3.8) is 0 Å². The number of carboxylic acid groups (broad SMARTS) is 1. The van der Waals surface area contributed by atoms with Crippen LogP contribution in [-0.2, 0) is 19.1 Å². The number of fused-ring (bicyclic) bond motifs is 3. The highest BCUT2D eigenvalue weighted by Gasteiger charge is 2.53. The van der Waals surface area contributed by atoms with Gasteiger partial charge < -0.3 is 24.8 Å². The summed E-state index contributed by atoms with van der Waals surface area (Å²) >= 11 is 0. The van der Waals surface area contributed by atoms with E-state index in [0.717, 1.165) is 28.7 Å². The number of ether oxygens (including phenoxy) is 2. The van der Waals surface area contributed by atoms with Gasteiger partial charge in [0, 0.05) is 20.1 Å². The van der Waals surface area contributed by atoms with E-state index in [9.17, 15) is 19.5 Å². The van der Waals surface area contributed by atoms with E-state index in [1.165, 1.54) is 26.0 Å². The summed E-state index contributed by atoms with van der Waals surface area (Å²) < 4.78 is 10.8. The third-order valence-corrected chi connectivity index (χ3v) is 7.15. The maximum atomic E-state index is 13.3. The minimum absolute atomic E-state index is 0.103. The minimum atomic E-state index is -1.48. The minimum Gasteiger partial charge on any atom is -0.479 e. The summed E-state index contributed by atoms with van der Waals surface area (Å²) in [5.74, 6) is -1.70. The lowest BCUT2D eigenvalue weighted by molar-refractivity contribution is -0.167. The van der Waals surface area contributed by atoms with E-state index in [0.29, 0.717) is 12.8 Å². The topological polar surface area (TPSA) is 105 Å². The summed E-state index contributed by atoms with van der Waals surface area (Å²) in [5.41, 5.74) is 1.67. The third-order valence-electron chi connectivity index (χ3n) is 7.15. The number of nitrogens with zero attached hydrogens (tertiary/aromatic N) is 1. The fourth-order valence-corrected chi connectivity index (χ4v) is 5.07. The Morgan fingerprint density at radius 1 is 1.09 bits per heavy atom. The van der Waals surface area contributed by atoms with Crippen LogP contribution < -0.4 is 5.32 Å². The van der Waals surface area contributed by atoms with Gasteiger partial charge >= 0.3 is 12.1 Å². The second-order valence-electron chi connectivity index (χ2n) is 9.27. The predicted molar refractivity (Wildman–Crippen MR) is 125 cm³/mol. The highest BCUT2D eigenvalue weighted by Crippen LogP contribution is 2.44. The molecule has 1 saturated carbocycles. The Bertz CT molecular complexity index is 1070. The monoisotopic (exact) mass is 466 g/mol. The summed E-state index contributed by atoms with van der Waals surface area (Å²) in [6.45, 7) is 1.49. The quantitative estimate of drug-likeness (QED) is 0.618. The molecule has 34 heavy (non-hydrogen) atoms. The van der Waals surface area contributed by atoms with E-state index in [4.69, 9.17) is 9.47 Å². The molecule has 180 valence electrons. The number of carbonyl (C=O) groups is 3. The molecule has 0 aliphatic heterocycles. The SMILES string of the molecule is COCC(C)(NC(=O)OCC1c2ccccc2-c2ccccc21)C(=O)N(C)C1(C(=O)O)CCC1. The van der Waals surface area contributed by atoms with Gasteiger partial charge in [-0.15, -0.1) is 0 Å². The van der Waals surface area contributed by atoms with Crippen molar-refractivity contribution in [1.29, 1.82) is 0 Å². The number of hydrogen-bond acceptors (Lipinski definition) is 5. The number of methoxy groups -OCH3 is 1. The summed E-state index contributed by atoms with van der Waals surface area (Å²) in [7, 11) is 2.88. The molecule has 1 atom stereocenters. The molecule has 0 spiro atoms. The maximum absolute atomic E-state index is 13.3. The molecule has 0 heterocycles. The fourth-order valence-electron chi connectivity index (χ4n) is 5.07. The van der Waals surface area contributed by atoms with E-state index < -0.39 is 29.0 Å². The zero-order chi connectivity index (χ0) is 24.5. The van der Waals surface area contributed by atoms with Crippen LogP contribution in [0.25, 0.3) is 11.1 Å². The number of alkyl carbamates (subject to hydrolysis) is 1. The molecule has 2 aliphatic rings. The molecule has 2 aliphatic carbocycles. The van der Waals surface area contributed by atoms with E-state index >= 15 is 0 Å². The number of carboxylic acids is 1. The molecule has 0 aromatic heterocycles. The predicted octanol–water partition coefficient (Wildman–Crippen LogP) is 3.40. The van der Waals surface area contributed by atoms with Crippen LogP contribution in [-0.4, -0.2) is 66.4 Å². The Kier molecular flexibility index (Phi) is 6.36. The maximum Gasteiger partial charge on any atom is 0.408 e. The van der Waals surface area contributed by atoms with Gasteiger partial charge in [0.15, 0.2) is 0 Å². The zero-order valence-electron chi connectivity index (χ0n) is 19.7. The van der Waals surface area contributed by atoms with Crippen LogP contribution in [0.4, 0.5) is 4.79 Å². The van der Waals surface area contributed by atoms with Gasteiger partial charge in [0.05, 0.1) is 6.61 Å². The first-order chi connectivity index (χ1) is 16.2. The molecule has 0 radical (unpaired) electrons. The first kappa shape index (κ1) is 23.8. The van der Waals surface area contributed by atoms with Crippen LogP contribution in [0.3, 0.4) is 0 Å². The Balaban J connectivity index is 1.48. The number of hydrogen-bond donors (Lipinski definition) is 2. The molecule has 8 heteroatoms. The van der Waals surface area contributed by atoms with Crippen LogP contribution in [0.2, 0.25) is 0 Å². The number of benzene rings is 2. The lowest BCUT2D eigenvalue weighted by Crippen LogP contribution is -2.67. The van der Waals surface area contributed by atoms with Crippen molar-refractivity contribution in [1.82, 2.24) is 10.2 Å². The van der Waals surface area contributed by atoms with Gasteiger partial charge in [0.1, 0.15) is 17.7 Å². The molecule has 2 amide bonds. The van der Waals surface area contributed by atoms with Gasteiger partial charge in [-0.2, -0.15) is 0 Å². The molecular formula is C26H30N2O6. The van der Waals surface area contributed by atoms with Crippen LogP contribution in [0.5, 0.6) is 0 Å². The highest BCUT2D eigenvalue weighted by atomic mass is 16.5. The van der Waals surface area contributed by atoms with E-state index in [1.807, 2.05) is 36.4 Å². The van der Waals surface area contributed by atoms with Crippen LogP contribution in [0, 0.1) is 0 Å². The van der Waals surface area contributed by atoms with Crippen LogP contribution in [0.1, 0.15) is 43.2 Å². The molecule has 1 fully saturated rings. The average molecular weight is 467 g/mol. The second kappa shape index (κ2) is 9.10. The van der Waals surface area contributed by atoms with E-state index in [1.54, 1.807) is 0 Å². The molecule has 0 bridgehead atoms. The van der Waals surface area contributed by atoms with Crippen molar-refractivity contribution in [3.8, 4) is 11.1 Å². The average Bonchev–Trinajstić information content (AvgIpc) is 3.10. The Morgan fingerprint density at radius 2 is 1.65 bits per heavy atom. The van der Waals surface area contributed by atoms with Crippen molar-refractivity contribution < 1.29 is 29.0 Å². The van der Waals surface area contributed by atoms with Crippen molar-refractivity contribution >= 4 is 18.0 Å². The lowest BCUT2D eigenvalue weighted by Gasteiger charge is -2.47. The smallest absolute Gasteiger partial charge is 0.408 e. The van der Waals surface area contributed by atoms with Gasteiger partial charge in [-0.25, -0.2) is 9.59 Å². The Labute approximate surface area is 198 Å². The van der Waals surface area contributed by atoms with Gasteiger partial charge in [-0.1, -0.05) is 48.5 Å². The van der Waals surface area contributed by atoms with Crippen molar-refractivity contribution in [2.45, 2.75) is 43.2 Å².